The molecule has 0 saturated carbocycles. The first-order chi connectivity index (χ1) is 7.70. The average Bonchev–Trinajstić information content (AvgIpc) is 2.26. The molecule has 0 rings (SSSR count). The molecule has 0 aromatic carbocycles. The van der Waals surface area contributed by atoms with Crippen LogP contribution in [0.3, 0.4) is 0 Å². The van der Waals surface area contributed by atoms with E-state index in [1.54, 1.807) is 6.08 Å². The van der Waals surface area contributed by atoms with E-state index < -0.39 is 17.8 Å². The molecule has 1 atom stereocenters. The van der Waals surface area contributed by atoms with Crippen LogP contribution in [-0.2, 0) is 32.5 Å². The summed E-state index contributed by atoms with van der Waals surface area (Å²) in [6.45, 7) is 9.10. The van der Waals surface area contributed by atoms with Crippen molar-refractivity contribution >= 4 is 6.08 Å². The number of hydrogen-bond donors (Lipinski definition) is 0. The summed E-state index contributed by atoms with van der Waals surface area (Å²) in [6, 6.07) is 0. The van der Waals surface area contributed by atoms with Crippen LogP contribution < -0.4 is 0 Å². The third-order valence-electron chi connectivity index (χ3n) is 2.04. The van der Waals surface area contributed by atoms with E-state index in [1.807, 2.05) is 27.7 Å². The van der Waals surface area contributed by atoms with Crippen LogP contribution in [0, 0.1) is 0 Å². The standard InChI is InChI=1S/C4H6NO.3C2H5O.Ti/c1-2-3-5-4-6;3*1-2-3;/h3H,2H2,1H3;3*2H2,1H3;/q;3*-1;+3. The van der Waals surface area contributed by atoms with E-state index >= 15 is 0 Å². The molecular weight excluding hydrogens is 246 g/mol. The zero-order valence-electron chi connectivity index (χ0n) is 10.5. The summed E-state index contributed by atoms with van der Waals surface area (Å²) >= 11 is -3.44. The van der Waals surface area contributed by atoms with Gasteiger partial charge in [0.25, 0.3) is 0 Å². The van der Waals surface area contributed by atoms with Crippen LogP contribution in [0.1, 0.15) is 34.1 Å². The van der Waals surface area contributed by atoms with Crippen molar-refractivity contribution < 1.29 is 32.5 Å². The fraction of sp³-hybridized carbons (Fsp3) is 0.900. The summed E-state index contributed by atoms with van der Waals surface area (Å²) in [5.74, 6) is 0. The Morgan fingerprint density at radius 1 is 1.06 bits per heavy atom. The van der Waals surface area contributed by atoms with Crippen molar-refractivity contribution in [2.75, 3.05) is 19.8 Å². The van der Waals surface area contributed by atoms with Gasteiger partial charge in [-0.05, 0) is 0 Å². The summed E-state index contributed by atoms with van der Waals surface area (Å²) in [6.07, 6.45) is 2.24. The van der Waals surface area contributed by atoms with E-state index in [9.17, 15) is 4.79 Å². The molecule has 0 spiro atoms. The van der Waals surface area contributed by atoms with E-state index in [-0.39, 0.29) is 4.35 Å². The van der Waals surface area contributed by atoms with Gasteiger partial charge in [0, 0.05) is 0 Å². The average molecular weight is 267 g/mol. The Bertz CT molecular complexity index is 214. The van der Waals surface area contributed by atoms with Crippen LogP contribution in [0.15, 0.2) is 4.99 Å². The van der Waals surface area contributed by atoms with Gasteiger partial charge in [-0.2, -0.15) is 0 Å². The predicted octanol–water partition coefficient (Wildman–Crippen LogP) is 2.07. The van der Waals surface area contributed by atoms with Gasteiger partial charge in [0.05, 0.1) is 0 Å². The molecule has 0 aromatic heterocycles. The maximum atomic E-state index is 10.4. The molecule has 1 unspecified atom stereocenters. The van der Waals surface area contributed by atoms with Gasteiger partial charge < -0.3 is 0 Å². The molecule has 0 fully saturated rings. The van der Waals surface area contributed by atoms with E-state index in [1.165, 1.54) is 0 Å². The van der Waals surface area contributed by atoms with E-state index in [4.69, 9.17) is 9.96 Å². The van der Waals surface area contributed by atoms with Gasteiger partial charge in [0.2, 0.25) is 0 Å². The Labute approximate surface area is 102 Å². The molecule has 0 aromatic rings. The fourth-order valence-corrected chi connectivity index (χ4v) is 5.79. The molecule has 0 aliphatic heterocycles. The van der Waals surface area contributed by atoms with Crippen LogP contribution in [-0.4, -0.2) is 30.2 Å². The minimum atomic E-state index is -3.44. The van der Waals surface area contributed by atoms with Crippen LogP contribution in [0.25, 0.3) is 0 Å². The molecule has 6 heteroatoms. The van der Waals surface area contributed by atoms with Gasteiger partial charge in [-0.15, -0.1) is 0 Å². The Hall–Kier alpha value is -0.0257. The molecule has 0 aliphatic carbocycles. The number of rotatable bonds is 9. The molecule has 5 nitrogen and oxygen atoms in total. The van der Waals surface area contributed by atoms with E-state index in [2.05, 4.69) is 4.99 Å². The Balaban J connectivity index is 5.00. The fourth-order valence-electron chi connectivity index (χ4n) is 1.50. The van der Waals surface area contributed by atoms with Gasteiger partial charge in [-0.3, -0.25) is 0 Å². The molecule has 94 valence electrons. The maximum absolute atomic E-state index is 10.4. The molecule has 0 radical (unpaired) electrons. The van der Waals surface area contributed by atoms with Gasteiger partial charge in [0.1, 0.15) is 0 Å². The monoisotopic (exact) mass is 267 g/mol. The summed E-state index contributed by atoms with van der Waals surface area (Å²) in [7, 11) is 0. The molecule has 0 heterocycles. The van der Waals surface area contributed by atoms with Gasteiger partial charge in [-0.25, -0.2) is 0 Å². The van der Waals surface area contributed by atoms with Crippen molar-refractivity contribution in [1.29, 1.82) is 0 Å². The van der Waals surface area contributed by atoms with Crippen molar-refractivity contribution in [2.24, 2.45) is 4.99 Å². The second kappa shape index (κ2) is 9.05. The van der Waals surface area contributed by atoms with Gasteiger partial charge in [-0.1, -0.05) is 0 Å². The third-order valence-corrected chi connectivity index (χ3v) is 7.39. The van der Waals surface area contributed by atoms with Crippen LogP contribution in [0.2, 0.25) is 0 Å². The van der Waals surface area contributed by atoms with Gasteiger partial charge >= 0.3 is 102 Å². The topological polar surface area (TPSA) is 57.1 Å². The van der Waals surface area contributed by atoms with Crippen molar-refractivity contribution in [1.82, 2.24) is 0 Å². The third kappa shape index (κ3) is 4.46. The second-order valence-corrected chi connectivity index (χ2v) is 7.33. The zero-order chi connectivity index (χ0) is 12.4. The zero-order valence-corrected chi connectivity index (χ0v) is 12.0. The first-order valence-corrected chi connectivity index (χ1v) is 8.50. The Morgan fingerprint density at radius 3 is 1.75 bits per heavy atom. The first kappa shape index (κ1) is 16.0. The molecule has 0 N–H and O–H groups in total. The molecule has 0 amide bonds. The normalized spacial score (nSPS) is 13.2. The van der Waals surface area contributed by atoms with Crippen LogP contribution in [0.5, 0.6) is 0 Å². The van der Waals surface area contributed by atoms with Gasteiger partial charge in [0.15, 0.2) is 0 Å². The SMILES string of the molecule is CC[O][Ti]([O]CC)([O]CC)[CH](CC)N=C=O. The van der Waals surface area contributed by atoms with Crippen molar-refractivity contribution in [3.63, 3.8) is 0 Å². The minimum absolute atomic E-state index is 0.308. The van der Waals surface area contributed by atoms with Crippen LogP contribution in [0.4, 0.5) is 0 Å². The predicted molar refractivity (Wildman–Crippen MR) is 57.1 cm³/mol. The summed E-state index contributed by atoms with van der Waals surface area (Å²) in [5, 5.41) is 0. The summed E-state index contributed by atoms with van der Waals surface area (Å²) in [5.41, 5.74) is 0. The molecule has 0 saturated heterocycles. The first-order valence-electron chi connectivity index (χ1n) is 5.69. The molecule has 0 aliphatic rings. The number of carbonyl (C=O) groups excluding carboxylic acids is 1. The van der Waals surface area contributed by atoms with Crippen molar-refractivity contribution in [2.45, 2.75) is 38.5 Å². The summed E-state index contributed by atoms with van der Waals surface area (Å²) in [4.78, 5) is 14.2. The number of nitrogens with zero attached hydrogens (tertiary/aromatic N) is 1. The number of isocyanates is 1. The van der Waals surface area contributed by atoms with Crippen LogP contribution >= 0.6 is 0 Å². The Kier molecular flexibility index (Phi) is 9.04. The Morgan fingerprint density at radius 2 is 1.50 bits per heavy atom. The molecule has 16 heavy (non-hydrogen) atoms. The number of hydrogen-bond acceptors (Lipinski definition) is 5. The van der Waals surface area contributed by atoms with Crippen molar-refractivity contribution in [3.05, 3.63) is 0 Å². The summed E-state index contributed by atoms with van der Waals surface area (Å²) < 4.78 is 16.8. The molecule has 0 bridgehead atoms. The number of aliphatic imine (C=N–C) groups is 1. The van der Waals surface area contributed by atoms with E-state index in [0.717, 1.165) is 0 Å². The second-order valence-electron chi connectivity index (χ2n) is 3.05. The van der Waals surface area contributed by atoms with Crippen molar-refractivity contribution in [3.8, 4) is 0 Å². The molecular formula is C10H21NO4Ti. The quantitative estimate of drug-likeness (QED) is 0.364. The van der Waals surface area contributed by atoms with E-state index in [0.29, 0.717) is 26.2 Å².